The molecular formula is C23H25N3O3. The number of hydrogen-bond donors (Lipinski definition) is 0. The summed E-state index contributed by atoms with van der Waals surface area (Å²) in [4.78, 5) is 24.3. The first-order valence-electron chi connectivity index (χ1n) is 9.93. The lowest BCUT2D eigenvalue weighted by Gasteiger charge is -2.38. The highest BCUT2D eigenvalue weighted by Crippen LogP contribution is 2.42. The van der Waals surface area contributed by atoms with E-state index in [1.807, 2.05) is 35.2 Å². The van der Waals surface area contributed by atoms with Gasteiger partial charge in [0.25, 0.3) is 5.91 Å². The van der Waals surface area contributed by atoms with E-state index in [-0.39, 0.29) is 11.9 Å². The third-order valence-corrected chi connectivity index (χ3v) is 5.48. The molecule has 1 unspecified atom stereocenters. The first kappa shape index (κ1) is 19.2. The van der Waals surface area contributed by atoms with E-state index < -0.39 is 0 Å². The fraction of sp³-hybridized carbons (Fsp3) is 0.348. The van der Waals surface area contributed by atoms with E-state index in [1.54, 1.807) is 20.4 Å². The predicted molar refractivity (Wildman–Crippen MR) is 111 cm³/mol. The Hall–Kier alpha value is -3.15. The van der Waals surface area contributed by atoms with Crippen LogP contribution in [0.2, 0.25) is 0 Å². The molecule has 4 rings (SSSR count). The molecule has 150 valence electrons. The van der Waals surface area contributed by atoms with Crippen LogP contribution in [0.5, 0.6) is 11.5 Å². The summed E-state index contributed by atoms with van der Waals surface area (Å²) < 4.78 is 11.1. The first-order valence-corrected chi connectivity index (χ1v) is 9.93. The number of methoxy groups -OCH3 is 2. The Labute approximate surface area is 170 Å². The Bertz CT molecular complexity index is 1030. The van der Waals surface area contributed by atoms with Gasteiger partial charge in [0.15, 0.2) is 0 Å². The Morgan fingerprint density at radius 2 is 1.97 bits per heavy atom. The summed E-state index contributed by atoms with van der Waals surface area (Å²) in [5.41, 5.74) is 4.13. The normalized spacial score (nSPS) is 15.8. The molecule has 0 N–H and O–H groups in total. The minimum absolute atomic E-state index is 0.0645. The van der Waals surface area contributed by atoms with Gasteiger partial charge in [-0.25, -0.2) is 4.98 Å². The van der Waals surface area contributed by atoms with Gasteiger partial charge in [-0.3, -0.25) is 9.78 Å². The smallest absolute Gasteiger partial charge is 0.274 e. The summed E-state index contributed by atoms with van der Waals surface area (Å²) in [5, 5.41) is 0. The summed E-state index contributed by atoms with van der Waals surface area (Å²) in [5.74, 6) is 1.45. The van der Waals surface area contributed by atoms with Crippen molar-refractivity contribution < 1.29 is 14.3 Å². The lowest BCUT2D eigenvalue weighted by Crippen LogP contribution is -2.40. The summed E-state index contributed by atoms with van der Waals surface area (Å²) in [6.45, 7) is 2.75. The van der Waals surface area contributed by atoms with Gasteiger partial charge >= 0.3 is 0 Å². The van der Waals surface area contributed by atoms with Gasteiger partial charge in [-0.2, -0.15) is 0 Å². The number of nitrogens with zero attached hydrogens (tertiary/aromatic N) is 3. The number of carbonyl (C=O) groups excluding carboxylic acids is 1. The molecule has 1 atom stereocenters. The molecule has 0 radical (unpaired) electrons. The topological polar surface area (TPSA) is 64.6 Å². The van der Waals surface area contributed by atoms with Gasteiger partial charge in [-0.15, -0.1) is 0 Å². The number of fused-ring (bicyclic) bond motifs is 2. The average Bonchev–Trinajstić information content (AvgIpc) is 2.77. The highest BCUT2D eigenvalue weighted by atomic mass is 16.5. The van der Waals surface area contributed by atoms with Crippen molar-refractivity contribution >= 4 is 16.9 Å². The molecule has 0 saturated carbocycles. The molecule has 3 aromatic rings. The third-order valence-electron chi connectivity index (χ3n) is 5.48. The zero-order chi connectivity index (χ0) is 20.4. The van der Waals surface area contributed by atoms with E-state index in [9.17, 15) is 4.79 Å². The molecule has 0 spiro atoms. The number of rotatable bonds is 5. The van der Waals surface area contributed by atoms with Crippen LogP contribution < -0.4 is 9.47 Å². The molecule has 1 aliphatic heterocycles. The molecule has 6 heteroatoms. The fourth-order valence-electron chi connectivity index (χ4n) is 4.10. The summed E-state index contributed by atoms with van der Waals surface area (Å²) in [6.07, 6.45) is 4.12. The quantitative estimate of drug-likeness (QED) is 0.653. The van der Waals surface area contributed by atoms with Crippen molar-refractivity contribution in [2.45, 2.75) is 32.2 Å². The molecule has 0 fully saturated rings. The number of aromatic nitrogens is 2. The van der Waals surface area contributed by atoms with Gasteiger partial charge in [-0.05, 0) is 36.6 Å². The molecule has 2 aromatic carbocycles. The van der Waals surface area contributed by atoms with Crippen LogP contribution in [0.25, 0.3) is 11.0 Å². The number of ether oxygens (including phenoxy) is 2. The van der Waals surface area contributed by atoms with E-state index in [0.29, 0.717) is 12.2 Å². The highest BCUT2D eigenvalue weighted by Gasteiger charge is 2.34. The van der Waals surface area contributed by atoms with Crippen LogP contribution in [-0.2, 0) is 6.42 Å². The molecule has 0 saturated heterocycles. The maximum Gasteiger partial charge on any atom is 0.274 e. The number of amides is 1. The minimum atomic E-state index is -0.0924. The highest BCUT2D eigenvalue weighted by molar-refractivity contribution is 5.94. The lowest BCUT2D eigenvalue weighted by molar-refractivity contribution is 0.0640. The molecule has 2 heterocycles. The van der Waals surface area contributed by atoms with Crippen molar-refractivity contribution in [3.8, 4) is 11.5 Å². The zero-order valence-corrected chi connectivity index (χ0v) is 17.0. The number of carbonyl (C=O) groups is 1. The summed E-state index contributed by atoms with van der Waals surface area (Å²) >= 11 is 0. The molecular weight excluding hydrogens is 366 g/mol. The predicted octanol–water partition coefficient (Wildman–Crippen LogP) is 4.19. The van der Waals surface area contributed by atoms with E-state index in [2.05, 4.69) is 23.0 Å². The van der Waals surface area contributed by atoms with Crippen molar-refractivity contribution in [2.75, 3.05) is 20.8 Å². The molecule has 1 aliphatic rings. The van der Waals surface area contributed by atoms with Crippen LogP contribution in [-0.4, -0.2) is 41.5 Å². The van der Waals surface area contributed by atoms with Crippen molar-refractivity contribution in [1.82, 2.24) is 14.9 Å². The Morgan fingerprint density at radius 3 is 2.69 bits per heavy atom. The van der Waals surface area contributed by atoms with Gasteiger partial charge in [0.05, 0.1) is 37.5 Å². The Balaban J connectivity index is 1.74. The molecule has 0 aliphatic carbocycles. The van der Waals surface area contributed by atoms with Gasteiger partial charge in [-0.1, -0.05) is 25.5 Å². The Kier molecular flexibility index (Phi) is 5.34. The second-order valence-electron chi connectivity index (χ2n) is 7.20. The van der Waals surface area contributed by atoms with Gasteiger partial charge in [0, 0.05) is 18.2 Å². The maximum absolute atomic E-state index is 13.4. The second kappa shape index (κ2) is 8.07. The minimum Gasteiger partial charge on any atom is -0.497 e. The van der Waals surface area contributed by atoms with Crippen LogP contribution in [0.1, 0.15) is 47.4 Å². The van der Waals surface area contributed by atoms with E-state index in [0.717, 1.165) is 47.4 Å². The number of hydrogen-bond acceptors (Lipinski definition) is 5. The summed E-state index contributed by atoms with van der Waals surface area (Å²) in [6, 6.07) is 11.5. The van der Waals surface area contributed by atoms with Crippen LogP contribution in [0.15, 0.2) is 42.6 Å². The number of benzene rings is 2. The van der Waals surface area contributed by atoms with Crippen molar-refractivity contribution in [3.63, 3.8) is 0 Å². The first-order chi connectivity index (χ1) is 14.2. The monoisotopic (exact) mass is 391 g/mol. The molecule has 29 heavy (non-hydrogen) atoms. The SMILES string of the molecule is CCCC1c2c(cc(OC)cc2OC)CCN1C(=O)c1cnc2ccccc2n1. The molecule has 1 aromatic heterocycles. The lowest BCUT2D eigenvalue weighted by atomic mass is 9.88. The van der Waals surface area contributed by atoms with Crippen LogP contribution in [0.4, 0.5) is 0 Å². The van der Waals surface area contributed by atoms with Crippen molar-refractivity contribution in [3.05, 3.63) is 59.4 Å². The van der Waals surface area contributed by atoms with E-state index in [4.69, 9.17) is 9.47 Å². The van der Waals surface area contributed by atoms with E-state index in [1.165, 1.54) is 5.56 Å². The second-order valence-corrected chi connectivity index (χ2v) is 7.20. The molecule has 1 amide bonds. The zero-order valence-electron chi connectivity index (χ0n) is 17.0. The number of para-hydroxylation sites is 2. The largest absolute Gasteiger partial charge is 0.497 e. The van der Waals surface area contributed by atoms with Gasteiger partial charge < -0.3 is 14.4 Å². The molecule has 0 bridgehead atoms. The van der Waals surface area contributed by atoms with Crippen LogP contribution in [0, 0.1) is 0 Å². The third kappa shape index (κ3) is 3.50. The standard InChI is InChI=1S/C23H25N3O3/c1-4-7-20-22-15(12-16(28-2)13-21(22)29-3)10-11-26(20)23(27)19-14-24-17-8-5-6-9-18(17)25-19/h5-6,8-9,12-14,20H,4,7,10-11H2,1-3H3. The Morgan fingerprint density at radius 1 is 1.17 bits per heavy atom. The molecule has 6 nitrogen and oxygen atoms in total. The van der Waals surface area contributed by atoms with Crippen LogP contribution in [0.3, 0.4) is 0 Å². The van der Waals surface area contributed by atoms with Crippen molar-refractivity contribution in [1.29, 1.82) is 0 Å². The van der Waals surface area contributed by atoms with Gasteiger partial charge in [0.2, 0.25) is 0 Å². The van der Waals surface area contributed by atoms with E-state index >= 15 is 0 Å². The van der Waals surface area contributed by atoms with Gasteiger partial charge in [0.1, 0.15) is 17.2 Å². The van der Waals surface area contributed by atoms with Crippen LogP contribution >= 0.6 is 0 Å². The fourth-order valence-corrected chi connectivity index (χ4v) is 4.10. The average molecular weight is 391 g/mol. The maximum atomic E-state index is 13.4. The van der Waals surface area contributed by atoms with Crippen molar-refractivity contribution in [2.24, 2.45) is 0 Å². The summed E-state index contributed by atoms with van der Waals surface area (Å²) in [7, 11) is 3.31.